The molecule has 0 unspecified atom stereocenters. The van der Waals surface area contributed by atoms with E-state index >= 15 is 0 Å². The Bertz CT molecular complexity index is 498. The average molecular weight is 280 g/mol. The second kappa shape index (κ2) is 5.94. The van der Waals surface area contributed by atoms with Gasteiger partial charge in [-0.3, -0.25) is 0 Å². The summed E-state index contributed by atoms with van der Waals surface area (Å²) in [4.78, 5) is 29.1. The highest BCUT2D eigenvalue weighted by Gasteiger charge is 2.26. The quantitative estimate of drug-likeness (QED) is 0.858. The number of urea groups is 1. The fourth-order valence-corrected chi connectivity index (χ4v) is 2.28. The summed E-state index contributed by atoms with van der Waals surface area (Å²) < 4.78 is 1.99. The van der Waals surface area contributed by atoms with E-state index in [-0.39, 0.29) is 11.9 Å². The van der Waals surface area contributed by atoms with Crippen LogP contribution >= 0.6 is 0 Å². The van der Waals surface area contributed by atoms with Crippen LogP contribution in [0.2, 0.25) is 0 Å². The van der Waals surface area contributed by atoms with Crippen molar-refractivity contribution in [3.63, 3.8) is 0 Å². The molecule has 1 aromatic rings. The molecule has 0 aromatic carbocycles. The molecule has 2 amide bonds. The number of nitrogens with zero attached hydrogens (tertiary/aromatic N) is 3. The van der Waals surface area contributed by atoms with Crippen molar-refractivity contribution in [3.8, 4) is 0 Å². The van der Waals surface area contributed by atoms with Crippen LogP contribution in [0.5, 0.6) is 0 Å². The summed E-state index contributed by atoms with van der Waals surface area (Å²) >= 11 is 0. The molecule has 7 heteroatoms. The van der Waals surface area contributed by atoms with E-state index in [9.17, 15) is 9.59 Å². The monoisotopic (exact) mass is 280 g/mol. The smallest absolute Gasteiger partial charge is 0.326 e. The van der Waals surface area contributed by atoms with Gasteiger partial charge in [0, 0.05) is 25.5 Å². The second-order valence-electron chi connectivity index (χ2n) is 5.43. The van der Waals surface area contributed by atoms with Crippen molar-refractivity contribution in [2.45, 2.75) is 39.4 Å². The first kappa shape index (κ1) is 14.4. The lowest BCUT2D eigenvalue weighted by molar-refractivity contribution is -0.139. The zero-order valence-electron chi connectivity index (χ0n) is 11.7. The van der Waals surface area contributed by atoms with Crippen molar-refractivity contribution in [2.24, 2.45) is 5.92 Å². The second-order valence-corrected chi connectivity index (χ2v) is 5.43. The van der Waals surface area contributed by atoms with E-state index in [0.717, 1.165) is 5.82 Å². The van der Waals surface area contributed by atoms with Gasteiger partial charge in [-0.2, -0.15) is 0 Å². The highest BCUT2D eigenvalue weighted by Crippen LogP contribution is 2.11. The molecule has 7 nitrogen and oxygen atoms in total. The van der Waals surface area contributed by atoms with Gasteiger partial charge in [-0.15, -0.1) is 0 Å². The van der Waals surface area contributed by atoms with Crippen molar-refractivity contribution in [1.82, 2.24) is 19.8 Å². The number of amides is 2. The molecule has 0 spiro atoms. The van der Waals surface area contributed by atoms with Crippen molar-refractivity contribution in [2.75, 3.05) is 6.54 Å². The normalized spacial score (nSPS) is 15.8. The molecule has 110 valence electrons. The minimum absolute atomic E-state index is 0.205. The summed E-state index contributed by atoms with van der Waals surface area (Å²) in [5, 5.41) is 11.7. The Morgan fingerprint density at radius 3 is 2.85 bits per heavy atom. The Labute approximate surface area is 117 Å². The Hall–Kier alpha value is -2.05. The van der Waals surface area contributed by atoms with Gasteiger partial charge in [0.1, 0.15) is 11.9 Å². The van der Waals surface area contributed by atoms with Crippen molar-refractivity contribution in [3.05, 3.63) is 18.2 Å². The van der Waals surface area contributed by atoms with Crippen LogP contribution in [0.3, 0.4) is 0 Å². The van der Waals surface area contributed by atoms with Gasteiger partial charge in [0.2, 0.25) is 0 Å². The summed E-state index contributed by atoms with van der Waals surface area (Å²) in [6.07, 6.45) is 4.00. The lowest BCUT2D eigenvalue weighted by atomic mass is 10.0. The molecule has 0 bridgehead atoms. The van der Waals surface area contributed by atoms with Gasteiger partial charge in [-0.1, -0.05) is 13.8 Å². The Morgan fingerprint density at radius 2 is 2.20 bits per heavy atom. The maximum absolute atomic E-state index is 12.1. The van der Waals surface area contributed by atoms with Gasteiger partial charge in [0.15, 0.2) is 0 Å². The van der Waals surface area contributed by atoms with Crippen LogP contribution in [0.15, 0.2) is 12.4 Å². The fourth-order valence-electron chi connectivity index (χ4n) is 2.28. The van der Waals surface area contributed by atoms with E-state index in [1.54, 1.807) is 11.1 Å². The summed E-state index contributed by atoms with van der Waals surface area (Å²) in [6, 6.07) is -1.18. The first-order chi connectivity index (χ1) is 9.47. The van der Waals surface area contributed by atoms with E-state index in [1.165, 1.54) is 0 Å². The number of carboxylic acids is 1. The fraction of sp³-hybridized carbons (Fsp3) is 0.615. The summed E-state index contributed by atoms with van der Waals surface area (Å²) in [5.74, 6) is 0.0318. The molecule has 0 saturated carbocycles. The van der Waals surface area contributed by atoms with Crippen LogP contribution in [0.25, 0.3) is 0 Å². The number of imidazole rings is 1. The van der Waals surface area contributed by atoms with Crippen LogP contribution in [0.1, 0.15) is 26.1 Å². The molecule has 0 radical (unpaired) electrons. The third kappa shape index (κ3) is 3.28. The number of nitrogens with one attached hydrogen (secondary N) is 1. The zero-order valence-corrected chi connectivity index (χ0v) is 11.7. The number of hydrogen-bond acceptors (Lipinski definition) is 3. The van der Waals surface area contributed by atoms with E-state index in [4.69, 9.17) is 5.11 Å². The highest BCUT2D eigenvalue weighted by molar-refractivity contribution is 5.82. The molecule has 1 aliphatic rings. The molecular formula is C13H20N4O3. The summed E-state index contributed by atoms with van der Waals surface area (Å²) in [7, 11) is 0. The standard InChI is InChI=1S/C13H20N4O3/c1-9(2)7-10(12(18)19)15-13(20)17-6-5-16-4-3-14-11(16)8-17/h3-4,9-10H,5-8H2,1-2H3,(H,15,20)(H,18,19)/t10-/m1/s1. The number of fused-ring (bicyclic) bond motifs is 1. The number of carbonyl (C=O) groups excluding carboxylic acids is 1. The van der Waals surface area contributed by atoms with E-state index in [1.807, 2.05) is 24.6 Å². The number of carbonyl (C=O) groups is 2. The van der Waals surface area contributed by atoms with Gasteiger partial charge in [-0.05, 0) is 12.3 Å². The first-order valence-electron chi connectivity index (χ1n) is 6.75. The molecule has 2 N–H and O–H groups in total. The van der Waals surface area contributed by atoms with Gasteiger partial charge in [0.25, 0.3) is 0 Å². The molecule has 1 atom stereocenters. The number of aliphatic carboxylic acids is 1. The van der Waals surface area contributed by atoms with Gasteiger partial charge in [0.05, 0.1) is 6.54 Å². The molecular weight excluding hydrogens is 260 g/mol. The maximum Gasteiger partial charge on any atom is 0.326 e. The first-order valence-corrected chi connectivity index (χ1v) is 6.75. The predicted molar refractivity (Wildman–Crippen MR) is 72.0 cm³/mol. The van der Waals surface area contributed by atoms with Gasteiger partial charge < -0.3 is 19.9 Å². The highest BCUT2D eigenvalue weighted by atomic mass is 16.4. The number of carboxylic acid groups (broad SMARTS) is 1. The van der Waals surface area contributed by atoms with E-state index < -0.39 is 12.0 Å². The number of hydrogen-bond donors (Lipinski definition) is 2. The largest absolute Gasteiger partial charge is 0.480 e. The third-order valence-electron chi connectivity index (χ3n) is 3.33. The molecule has 1 aromatic heterocycles. The van der Waals surface area contributed by atoms with Gasteiger partial charge in [-0.25, -0.2) is 14.6 Å². The van der Waals surface area contributed by atoms with E-state index in [0.29, 0.717) is 26.1 Å². The number of rotatable bonds is 4. The molecule has 2 rings (SSSR count). The molecule has 0 aliphatic carbocycles. The SMILES string of the molecule is CC(C)C[C@@H](NC(=O)N1CCn2ccnc2C1)C(=O)O. The van der Waals surface area contributed by atoms with E-state index in [2.05, 4.69) is 10.3 Å². The van der Waals surface area contributed by atoms with Crippen LogP contribution < -0.4 is 5.32 Å². The van der Waals surface area contributed by atoms with Crippen LogP contribution in [-0.4, -0.2) is 44.1 Å². The van der Waals surface area contributed by atoms with Crippen LogP contribution in [0.4, 0.5) is 4.79 Å². The summed E-state index contributed by atoms with van der Waals surface area (Å²) in [6.45, 7) is 5.51. The van der Waals surface area contributed by atoms with Crippen molar-refractivity contribution >= 4 is 12.0 Å². The molecule has 1 aliphatic heterocycles. The molecule has 20 heavy (non-hydrogen) atoms. The molecule has 0 saturated heterocycles. The number of aromatic nitrogens is 2. The Kier molecular flexibility index (Phi) is 4.26. The zero-order chi connectivity index (χ0) is 14.7. The minimum Gasteiger partial charge on any atom is -0.480 e. The Morgan fingerprint density at radius 1 is 1.45 bits per heavy atom. The molecule has 2 heterocycles. The van der Waals surface area contributed by atoms with Crippen molar-refractivity contribution in [1.29, 1.82) is 0 Å². The summed E-state index contributed by atoms with van der Waals surface area (Å²) in [5.41, 5.74) is 0. The lowest BCUT2D eigenvalue weighted by Gasteiger charge is -2.29. The predicted octanol–water partition coefficient (Wildman–Crippen LogP) is 0.908. The Balaban J connectivity index is 1.96. The average Bonchev–Trinajstić information content (AvgIpc) is 2.84. The minimum atomic E-state index is -0.995. The third-order valence-corrected chi connectivity index (χ3v) is 3.33. The molecule has 0 fully saturated rings. The van der Waals surface area contributed by atoms with Crippen LogP contribution in [0, 0.1) is 5.92 Å². The maximum atomic E-state index is 12.1. The van der Waals surface area contributed by atoms with Crippen LogP contribution in [-0.2, 0) is 17.9 Å². The van der Waals surface area contributed by atoms with Gasteiger partial charge >= 0.3 is 12.0 Å². The van der Waals surface area contributed by atoms with Crippen molar-refractivity contribution < 1.29 is 14.7 Å². The topological polar surface area (TPSA) is 87.5 Å². The lowest BCUT2D eigenvalue weighted by Crippen LogP contribution is -2.50.